The Labute approximate surface area is 176 Å². The molecule has 7 heteroatoms. The summed E-state index contributed by atoms with van der Waals surface area (Å²) in [5.41, 5.74) is 7.28. The van der Waals surface area contributed by atoms with Crippen LogP contribution in [0.2, 0.25) is 0 Å². The zero-order valence-corrected chi connectivity index (χ0v) is 17.1. The van der Waals surface area contributed by atoms with E-state index in [2.05, 4.69) is 25.6 Å². The van der Waals surface area contributed by atoms with Gasteiger partial charge in [0.15, 0.2) is 0 Å². The molecule has 2 N–H and O–H groups in total. The molecule has 1 atom stereocenters. The van der Waals surface area contributed by atoms with E-state index in [1.807, 2.05) is 42.5 Å². The molecule has 0 bridgehead atoms. The molecule has 30 heavy (non-hydrogen) atoms. The highest BCUT2D eigenvalue weighted by molar-refractivity contribution is 6.03. The number of hydrogen-bond acceptors (Lipinski definition) is 5. The first-order valence-corrected chi connectivity index (χ1v) is 10.6. The summed E-state index contributed by atoms with van der Waals surface area (Å²) in [6.45, 7) is 4.52. The molecule has 1 fully saturated rings. The van der Waals surface area contributed by atoms with Crippen LogP contribution >= 0.6 is 0 Å². The summed E-state index contributed by atoms with van der Waals surface area (Å²) >= 11 is 0. The van der Waals surface area contributed by atoms with Crippen LogP contribution in [0.5, 0.6) is 0 Å². The van der Waals surface area contributed by atoms with Gasteiger partial charge in [-0.2, -0.15) is 0 Å². The summed E-state index contributed by atoms with van der Waals surface area (Å²) in [5.74, 6) is 0.485. The van der Waals surface area contributed by atoms with Crippen LogP contribution in [0.3, 0.4) is 0 Å². The number of halogens is 1. The van der Waals surface area contributed by atoms with Crippen LogP contribution in [0.4, 0.5) is 10.1 Å². The second kappa shape index (κ2) is 9.71. The quantitative estimate of drug-likeness (QED) is 0.690. The second-order valence-corrected chi connectivity index (χ2v) is 7.75. The number of para-hydroxylation sites is 1. The number of anilines is 1. The van der Waals surface area contributed by atoms with Crippen molar-refractivity contribution < 1.29 is 9.18 Å². The van der Waals surface area contributed by atoms with Crippen LogP contribution < -0.4 is 15.8 Å². The standard InChI is InChI=1S/C23H28FN5O/c24-19-10-4-5-12-21(19)29-16-14-28(15-17-29)13-7-6-11-20-23(30)27-26-22(25-20)18-8-2-1-3-9-18/h1-5,8-10,12,20H,6-7,11,13-17H2,(H,25,26)(H,27,30). The number of rotatable bonds is 7. The number of piperazine rings is 1. The van der Waals surface area contributed by atoms with Crippen molar-refractivity contribution >= 4 is 17.4 Å². The first-order valence-electron chi connectivity index (χ1n) is 10.6. The van der Waals surface area contributed by atoms with Gasteiger partial charge in [-0.05, 0) is 37.9 Å². The van der Waals surface area contributed by atoms with Gasteiger partial charge in [-0.15, -0.1) is 0 Å². The fourth-order valence-electron chi connectivity index (χ4n) is 3.98. The van der Waals surface area contributed by atoms with Crippen molar-refractivity contribution in [2.45, 2.75) is 25.3 Å². The Kier molecular flexibility index (Phi) is 6.59. The fraction of sp³-hybridized carbons (Fsp3) is 0.391. The predicted octanol–water partition coefficient (Wildman–Crippen LogP) is 2.57. The average Bonchev–Trinajstić information content (AvgIpc) is 2.79. The van der Waals surface area contributed by atoms with Gasteiger partial charge in [0, 0.05) is 31.7 Å². The second-order valence-electron chi connectivity index (χ2n) is 7.75. The Balaban J connectivity index is 1.21. The smallest absolute Gasteiger partial charge is 0.263 e. The largest absolute Gasteiger partial charge is 0.367 e. The molecule has 1 unspecified atom stereocenters. The molecule has 158 valence electrons. The monoisotopic (exact) mass is 409 g/mol. The van der Waals surface area contributed by atoms with E-state index in [1.54, 1.807) is 6.07 Å². The number of unbranched alkanes of at least 4 members (excludes halogenated alkanes) is 1. The van der Waals surface area contributed by atoms with Crippen molar-refractivity contribution in [2.24, 2.45) is 4.99 Å². The summed E-state index contributed by atoms with van der Waals surface area (Å²) in [5, 5.41) is 0. The lowest BCUT2D eigenvalue weighted by Gasteiger charge is -2.36. The van der Waals surface area contributed by atoms with Gasteiger partial charge in [0.05, 0.1) is 5.69 Å². The van der Waals surface area contributed by atoms with Crippen LogP contribution in [0.25, 0.3) is 0 Å². The number of hydrazine groups is 1. The van der Waals surface area contributed by atoms with Crippen LogP contribution in [0.15, 0.2) is 59.6 Å². The van der Waals surface area contributed by atoms with Crippen molar-refractivity contribution in [1.29, 1.82) is 0 Å². The molecule has 0 spiro atoms. The molecule has 2 aromatic rings. The van der Waals surface area contributed by atoms with Gasteiger partial charge in [-0.25, -0.2) is 4.39 Å². The Morgan fingerprint density at radius 2 is 1.67 bits per heavy atom. The molecule has 1 saturated heterocycles. The van der Waals surface area contributed by atoms with E-state index in [4.69, 9.17) is 0 Å². The molecular weight excluding hydrogens is 381 g/mol. The summed E-state index contributed by atoms with van der Waals surface area (Å²) in [6, 6.07) is 16.4. The Morgan fingerprint density at radius 3 is 2.43 bits per heavy atom. The normalized spacial score (nSPS) is 19.8. The number of nitrogens with one attached hydrogen (secondary N) is 2. The van der Waals surface area contributed by atoms with Gasteiger partial charge in [0.1, 0.15) is 17.7 Å². The molecule has 1 amide bonds. The lowest BCUT2D eigenvalue weighted by molar-refractivity contribution is -0.123. The molecule has 0 aromatic heterocycles. The molecule has 2 aliphatic heterocycles. The van der Waals surface area contributed by atoms with Crippen molar-refractivity contribution in [3.63, 3.8) is 0 Å². The molecule has 6 nitrogen and oxygen atoms in total. The van der Waals surface area contributed by atoms with Gasteiger partial charge in [0.25, 0.3) is 5.91 Å². The van der Waals surface area contributed by atoms with E-state index in [9.17, 15) is 9.18 Å². The zero-order chi connectivity index (χ0) is 20.8. The van der Waals surface area contributed by atoms with E-state index in [1.165, 1.54) is 6.07 Å². The number of aliphatic imine (C=N–C) groups is 1. The van der Waals surface area contributed by atoms with E-state index in [-0.39, 0.29) is 17.8 Å². The third kappa shape index (κ3) is 4.97. The third-order valence-electron chi connectivity index (χ3n) is 5.71. The molecule has 0 aliphatic carbocycles. The highest BCUT2D eigenvalue weighted by Crippen LogP contribution is 2.20. The van der Waals surface area contributed by atoms with Crippen LogP contribution in [0, 0.1) is 5.82 Å². The van der Waals surface area contributed by atoms with Gasteiger partial charge in [0.2, 0.25) is 0 Å². The lowest BCUT2D eigenvalue weighted by Crippen LogP contribution is -2.51. The van der Waals surface area contributed by atoms with Crippen molar-refractivity contribution in [1.82, 2.24) is 15.8 Å². The maximum absolute atomic E-state index is 14.0. The van der Waals surface area contributed by atoms with Crippen LogP contribution in [-0.2, 0) is 4.79 Å². The minimum atomic E-state index is -0.348. The summed E-state index contributed by atoms with van der Waals surface area (Å²) in [7, 11) is 0. The molecule has 4 rings (SSSR count). The Hall–Kier alpha value is -2.93. The van der Waals surface area contributed by atoms with Gasteiger partial charge in [-0.3, -0.25) is 25.5 Å². The van der Waals surface area contributed by atoms with Crippen molar-refractivity contribution in [2.75, 3.05) is 37.6 Å². The number of hydrogen-bond donors (Lipinski definition) is 2. The Bertz CT molecular complexity index is 880. The van der Waals surface area contributed by atoms with E-state index < -0.39 is 0 Å². The van der Waals surface area contributed by atoms with Crippen LogP contribution in [-0.4, -0.2) is 55.4 Å². The first kappa shape index (κ1) is 20.3. The van der Waals surface area contributed by atoms with Crippen molar-refractivity contribution in [3.8, 4) is 0 Å². The van der Waals surface area contributed by atoms with Gasteiger partial charge in [-0.1, -0.05) is 42.5 Å². The van der Waals surface area contributed by atoms with E-state index in [0.717, 1.165) is 57.5 Å². The summed E-state index contributed by atoms with van der Waals surface area (Å²) in [6.07, 6.45) is 2.70. The molecule has 0 radical (unpaired) electrons. The topological polar surface area (TPSA) is 60.0 Å². The number of carbonyl (C=O) groups excluding carboxylic acids is 1. The number of benzene rings is 2. The van der Waals surface area contributed by atoms with Crippen molar-refractivity contribution in [3.05, 3.63) is 66.0 Å². The lowest BCUT2D eigenvalue weighted by atomic mass is 10.1. The SMILES string of the molecule is O=C1NNC(c2ccccc2)=NC1CCCCN1CCN(c2ccccc2F)CC1. The Morgan fingerprint density at radius 1 is 0.933 bits per heavy atom. The summed E-state index contributed by atoms with van der Waals surface area (Å²) in [4.78, 5) is 21.3. The van der Waals surface area contributed by atoms with E-state index >= 15 is 0 Å². The maximum atomic E-state index is 14.0. The third-order valence-corrected chi connectivity index (χ3v) is 5.71. The molecule has 0 saturated carbocycles. The number of nitrogens with zero attached hydrogens (tertiary/aromatic N) is 3. The highest BCUT2D eigenvalue weighted by Gasteiger charge is 2.24. The van der Waals surface area contributed by atoms with E-state index in [0.29, 0.717) is 11.5 Å². The number of carbonyl (C=O) groups is 1. The zero-order valence-electron chi connectivity index (χ0n) is 17.1. The minimum absolute atomic E-state index is 0.0758. The molecule has 2 heterocycles. The van der Waals surface area contributed by atoms with Gasteiger partial charge < -0.3 is 4.90 Å². The van der Waals surface area contributed by atoms with Crippen LogP contribution in [0.1, 0.15) is 24.8 Å². The minimum Gasteiger partial charge on any atom is -0.367 e. The molecule has 2 aliphatic rings. The van der Waals surface area contributed by atoms with Gasteiger partial charge >= 0.3 is 0 Å². The molecule has 2 aromatic carbocycles. The molecular formula is C23H28FN5O. The maximum Gasteiger partial charge on any atom is 0.263 e. The number of amides is 1. The predicted molar refractivity (Wildman–Crippen MR) is 117 cm³/mol. The average molecular weight is 410 g/mol. The summed E-state index contributed by atoms with van der Waals surface area (Å²) < 4.78 is 14.0. The number of amidine groups is 1. The first-order chi connectivity index (χ1) is 14.7. The fourth-order valence-corrected chi connectivity index (χ4v) is 3.98. The highest BCUT2D eigenvalue weighted by atomic mass is 19.1.